The zero-order valence-corrected chi connectivity index (χ0v) is 3.70. The highest BCUT2D eigenvalue weighted by atomic mass is 16.5. The van der Waals surface area contributed by atoms with Gasteiger partial charge < -0.3 is 10.3 Å². The van der Waals surface area contributed by atoms with Gasteiger partial charge in [0.2, 0.25) is 0 Å². The number of hydroxylamine groups is 1. The first-order valence-electron chi connectivity index (χ1n) is 2.03. The maximum Gasteiger partial charge on any atom is 0.275 e. The van der Waals surface area contributed by atoms with Crippen molar-refractivity contribution < 1.29 is 15.1 Å². The summed E-state index contributed by atoms with van der Waals surface area (Å²) in [6.07, 6.45) is 0.546. The fourth-order valence-corrected chi connectivity index (χ4v) is 0.431. The Morgan fingerprint density at radius 1 is 1.86 bits per heavy atom. The second kappa shape index (κ2) is 1.38. The Kier molecular flexibility index (Phi) is 0.867. The maximum atomic E-state index is 8.58. The highest BCUT2D eigenvalue weighted by Crippen LogP contribution is 1.82. The molecule has 4 heteroatoms. The Hall–Kier alpha value is -0.770. The molecular formula is C3H7N2O2+. The van der Waals surface area contributed by atoms with Crippen LogP contribution in [-0.2, 0) is 0 Å². The smallest absolute Gasteiger partial charge is 0.275 e. The number of hydrogen-bond acceptors (Lipinski definition) is 3. The molecular weight excluding hydrogens is 96.0 g/mol. The fourth-order valence-electron chi connectivity index (χ4n) is 0.431. The standard InChI is InChI=1S/C3H6N2O2/c6-3-1-4-2-5(3)7/h2-3,6-7H,1H2/p+1. The Morgan fingerprint density at radius 3 is 2.71 bits per heavy atom. The van der Waals surface area contributed by atoms with Crippen molar-refractivity contribution in [2.24, 2.45) is 0 Å². The first-order chi connectivity index (χ1) is 3.30. The van der Waals surface area contributed by atoms with Crippen LogP contribution >= 0.6 is 0 Å². The van der Waals surface area contributed by atoms with Gasteiger partial charge in [-0.1, -0.05) is 4.74 Å². The van der Waals surface area contributed by atoms with Gasteiger partial charge in [-0.15, -0.1) is 0 Å². The van der Waals surface area contributed by atoms with Gasteiger partial charge in [-0.2, -0.15) is 0 Å². The molecule has 1 unspecified atom stereocenters. The van der Waals surface area contributed by atoms with Gasteiger partial charge in [0.1, 0.15) is 0 Å². The van der Waals surface area contributed by atoms with Crippen molar-refractivity contribution in [3.05, 3.63) is 0 Å². The minimum atomic E-state index is -0.764. The number of nitrogens with zero attached hydrogens (tertiary/aromatic N) is 1. The van der Waals surface area contributed by atoms with E-state index in [0.717, 1.165) is 4.74 Å². The lowest BCUT2D eigenvalue weighted by Gasteiger charge is -1.91. The molecule has 0 aliphatic carbocycles. The van der Waals surface area contributed by atoms with Crippen LogP contribution < -0.4 is 5.32 Å². The Balaban J connectivity index is 2.54. The van der Waals surface area contributed by atoms with Crippen molar-refractivity contribution in [1.29, 1.82) is 0 Å². The van der Waals surface area contributed by atoms with Gasteiger partial charge in [0.25, 0.3) is 12.6 Å². The van der Waals surface area contributed by atoms with Crippen LogP contribution in [0, 0.1) is 0 Å². The van der Waals surface area contributed by atoms with E-state index in [1.807, 2.05) is 0 Å². The molecule has 1 aliphatic heterocycles. The van der Waals surface area contributed by atoms with Crippen LogP contribution in [0.4, 0.5) is 0 Å². The molecule has 1 rings (SSSR count). The molecule has 0 radical (unpaired) electrons. The molecule has 0 bridgehead atoms. The van der Waals surface area contributed by atoms with Crippen LogP contribution in [0.5, 0.6) is 0 Å². The minimum Gasteiger partial charge on any atom is -0.352 e. The molecule has 1 heterocycles. The highest BCUT2D eigenvalue weighted by Gasteiger charge is 2.19. The van der Waals surface area contributed by atoms with Gasteiger partial charge in [0.15, 0.2) is 6.54 Å². The molecule has 1 atom stereocenters. The van der Waals surface area contributed by atoms with E-state index in [1.165, 1.54) is 6.34 Å². The number of hydrogen-bond donors (Lipinski definition) is 3. The summed E-state index contributed by atoms with van der Waals surface area (Å²) in [5.41, 5.74) is 0. The second-order valence-corrected chi connectivity index (χ2v) is 1.40. The first kappa shape index (κ1) is 4.39. The summed E-state index contributed by atoms with van der Waals surface area (Å²) in [5.74, 6) is 0. The maximum absolute atomic E-state index is 8.58. The summed E-state index contributed by atoms with van der Waals surface area (Å²) in [6, 6.07) is 0. The summed E-state index contributed by atoms with van der Waals surface area (Å²) in [5, 5.41) is 19.7. The largest absolute Gasteiger partial charge is 0.352 e. The molecule has 0 aromatic heterocycles. The Labute approximate surface area is 40.7 Å². The summed E-state index contributed by atoms with van der Waals surface area (Å²) in [4.78, 5) is 0. The normalized spacial score (nSPS) is 29.3. The average Bonchev–Trinajstić information content (AvgIpc) is 1.91. The highest BCUT2D eigenvalue weighted by molar-refractivity contribution is 5.48. The zero-order chi connectivity index (χ0) is 5.28. The lowest BCUT2D eigenvalue weighted by molar-refractivity contribution is -0.813. The lowest BCUT2D eigenvalue weighted by Crippen LogP contribution is -2.21. The summed E-state index contributed by atoms with van der Waals surface area (Å²) < 4.78 is 0.722. The van der Waals surface area contributed by atoms with Crippen molar-refractivity contribution >= 4 is 6.34 Å². The van der Waals surface area contributed by atoms with E-state index in [-0.39, 0.29) is 0 Å². The number of β-amino-alcohol motifs (C(OH)–C–C–N with tert-alkyl or cyclic N) is 1. The quantitative estimate of drug-likeness (QED) is 0.254. The third kappa shape index (κ3) is 0.640. The van der Waals surface area contributed by atoms with Gasteiger partial charge in [-0.25, -0.2) is 0 Å². The topological polar surface area (TPSA) is 55.5 Å². The van der Waals surface area contributed by atoms with Gasteiger partial charge in [0.05, 0.1) is 0 Å². The molecule has 0 aromatic carbocycles. The van der Waals surface area contributed by atoms with Crippen molar-refractivity contribution in [3.8, 4) is 0 Å². The SMILES string of the molecule is OC1CNC=[N+]1O. The van der Waals surface area contributed by atoms with Crippen LogP contribution in [0.3, 0.4) is 0 Å². The predicted octanol–water partition coefficient (Wildman–Crippen LogP) is -1.66. The molecule has 4 nitrogen and oxygen atoms in total. The van der Waals surface area contributed by atoms with Crippen LogP contribution in [-0.4, -0.2) is 34.2 Å². The first-order valence-corrected chi connectivity index (χ1v) is 2.03. The second-order valence-electron chi connectivity index (χ2n) is 1.40. The van der Waals surface area contributed by atoms with E-state index in [2.05, 4.69) is 5.32 Å². The van der Waals surface area contributed by atoms with E-state index >= 15 is 0 Å². The zero-order valence-electron chi connectivity index (χ0n) is 3.70. The van der Waals surface area contributed by atoms with Crippen LogP contribution in [0.15, 0.2) is 0 Å². The van der Waals surface area contributed by atoms with Crippen LogP contribution in [0.2, 0.25) is 0 Å². The molecule has 1 aliphatic rings. The van der Waals surface area contributed by atoms with Crippen molar-refractivity contribution in [2.75, 3.05) is 6.54 Å². The third-order valence-corrected chi connectivity index (χ3v) is 0.829. The fraction of sp³-hybridized carbons (Fsp3) is 0.667. The van der Waals surface area contributed by atoms with E-state index in [9.17, 15) is 0 Å². The summed E-state index contributed by atoms with van der Waals surface area (Å²) in [6.45, 7) is 0.399. The van der Waals surface area contributed by atoms with Gasteiger partial charge >= 0.3 is 0 Å². The van der Waals surface area contributed by atoms with Gasteiger partial charge in [-0.05, 0) is 0 Å². The number of rotatable bonds is 0. The molecule has 40 valence electrons. The number of aliphatic hydroxyl groups is 1. The average molecular weight is 103 g/mol. The van der Waals surface area contributed by atoms with Crippen molar-refractivity contribution in [1.82, 2.24) is 5.32 Å². The van der Waals surface area contributed by atoms with Gasteiger partial charge in [0, 0.05) is 0 Å². The van der Waals surface area contributed by atoms with Crippen molar-refractivity contribution in [3.63, 3.8) is 0 Å². The summed E-state index contributed by atoms with van der Waals surface area (Å²) >= 11 is 0. The predicted molar refractivity (Wildman–Crippen MR) is 22.1 cm³/mol. The van der Waals surface area contributed by atoms with E-state index < -0.39 is 6.23 Å². The van der Waals surface area contributed by atoms with E-state index in [0.29, 0.717) is 6.54 Å². The molecule has 0 saturated carbocycles. The summed E-state index contributed by atoms with van der Waals surface area (Å²) in [7, 11) is 0. The Morgan fingerprint density at radius 2 is 2.57 bits per heavy atom. The Bertz CT molecular complexity index is 101. The number of aliphatic hydroxyl groups excluding tert-OH is 1. The van der Waals surface area contributed by atoms with Gasteiger partial charge in [-0.3, -0.25) is 5.32 Å². The molecule has 0 saturated heterocycles. The van der Waals surface area contributed by atoms with Crippen molar-refractivity contribution in [2.45, 2.75) is 6.23 Å². The number of nitrogens with one attached hydrogen (secondary N) is 1. The molecule has 0 spiro atoms. The minimum absolute atomic E-state index is 0.399. The molecule has 0 fully saturated rings. The molecule has 7 heavy (non-hydrogen) atoms. The molecule has 0 aromatic rings. The van der Waals surface area contributed by atoms with Crippen LogP contribution in [0.25, 0.3) is 0 Å². The molecule has 0 amide bonds. The van der Waals surface area contributed by atoms with E-state index in [1.54, 1.807) is 0 Å². The third-order valence-electron chi connectivity index (χ3n) is 0.829. The lowest BCUT2D eigenvalue weighted by atomic mass is 10.6. The monoisotopic (exact) mass is 103 g/mol. The van der Waals surface area contributed by atoms with E-state index in [4.69, 9.17) is 10.3 Å². The van der Waals surface area contributed by atoms with Crippen LogP contribution in [0.1, 0.15) is 0 Å². The molecule has 3 N–H and O–H groups in total.